The van der Waals surface area contributed by atoms with Crippen LogP contribution in [0.25, 0.3) is 0 Å². The normalized spacial score (nSPS) is 31.8. The molecule has 2 amide bonds. The molecular formula is C25H48N5O2+. The van der Waals surface area contributed by atoms with Gasteiger partial charge in [0.2, 0.25) is 11.8 Å². The Morgan fingerprint density at radius 3 is 2.25 bits per heavy atom. The van der Waals surface area contributed by atoms with E-state index in [1.54, 1.807) is 0 Å². The summed E-state index contributed by atoms with van der Waals surface area (Å²) < 4.78 is 0.954. The van der Waals surface area contributed by atoms with Crippen LogP contribution in [0.15, 0.2) is 0 Å². The Bertz CT molecular complexity index is 651. The molecular weight excluding hydrogens is 402 g/mol. The van der Waals surface area contributed by atoms with Crippen molar-refractivity contribution in [3.63, 3.8) is 0 Å². The number of nitrogens with zero attached hydrogens (tertiary/aromatic N) is 2. The van der Waals surface area contributed by atoms with Crippen molar-refractivity contribution in [3.05, 3.63) is 0 Å². The van der Waals surface area contributed by atoms with Crippen molar-refractivity contribution in [3.8, 4) is 0 Å². The Morgan fingerprint density at radius 2 is 1.75 bits per heavy atom. The van der Waals surface area contributed by atoms with Gasteiger partial charge in [-0.2, -0.15) is 0 Å². The molecule has 3 aliphatic rings. The lowest BCUT2D eigenvalue weighted by Gasteiger charge is -2.49. The smallest absolute Gasteiger partial charge is 0.243 e. The van der Waals surface area contributed by atoms with Crippen LogP contribution in [-0.2, 0) is 9.59 Å². The summed E-state index contributed by atoms with van der Waals surface area (Å²) in [6, 6.07) is -0.430. The number of hydrogen-bond acceptors (Lipinski definition) is 4. The van der Waals surface area contributed by atoms with Crippen LogP contribution in [0.3, 0.4) is 0 Å². The number of amides is 2. The molecule has 4 N–H and O–H groups in total. The van der Waals surface area contributed by atoms with Gasteiger partial charge < -0.3 is 25.8 Å². The first-order valence-corrected chi connectivity index (χ1v) is 12.9. The van der Waals surface area contributed by atoms with E-state index >= 15 is 0 Å². The lowest BCUT2D eigenvalue weighted by Crippen LogP contribution is -2.68. The van der Waals surface area contributed by atoms with Crippen LogP contribution < -0.4 is 16.4 Å². The summed E-state index contributed by atoms with van der Waals surface area (Å²) in [5.74, 6) is 1.39. The van der Waals surface area contributed by atoms with Gasteiger partial charge in [-0.3, -0.25) is 9.59 Å². The fourth-order valence-electron chi connectivity index (χ4n) is 5.60. The molecule has 0 heterocycles. The summed E-state index contributed by atoms with van der Waals surface area (Å²) in [5, 5.41) is 6.47. The molecule has 0 aromatic carbocycles. The van der Waals surface area contributed by atoms with Gasteiger partial charge in [0.1, 0.15) is 6.04 Å². The summed E-state index contributed by atoms with van der Waals surface area (Å²) in [4.78, 5) is 28.4. The Kier molecular flexibility index (Phi) is 8.26. The largest absolute Gasteiger partial charge is 0.347 e. The Labute approximate surface area is 195 Å². The van der Waals surface area contributed by atoms with Crippen LogP contribution >= 0.6 is 0 Å². The maximum atomic E-state index is 13.4. The number of fused-ring (bicyclic) bond motifs is 1. The first-order chi connectivity index (χ1) is 15.0. The highest BCUT2D eigenvalue weighted by atomic mass is 16.2. The summed E-state index contributed by atoms with van der Waals surface area (Å²) in [6.07, 6.45) is 10.0. The third-order valence-corrected chi connectivity index (χ3v) is 8.13. The average Bonchev–Trinajstić information content (AvgIpc) is 3.23. The van der Waals surface area contributed by atoms with Crippen molar-refractivity contribution in [2.75, 3.05) is 48.3 Å². The first kappa shape index (κ1) is 25.4. The van der Waals surface area contributed by atoms with Gasteiger partial charge in [-0.05, 0) is 96.7 Å². The van der Waals surface area contributed by atoms with E-state index in [2.05, 4.69) is 50.8 Å². The fourth-order valence-corrected chi connectivity index (χ4v) is 5.60. The van der Waals surface area contributed by atoms with E-state index in [9.17, 15) is 9.59 Å². The molecule has 3 saturated carbocycles. The molecule has 5 unspecified atom stereocenters. The minimum atomic E-state index is -0.444. The van der Waals surface area contributed by atoms with Gasteiger partial charge in [-0.1, -0.05) is 0 Å². The lowest BCUT2D eigenvalue weighted by molar-refractivity contribution is -0.870. The molecule has 3 rings (SSSR count). The van der Waals surface area contributed by atoms with E-state index in [1.807, 2.05) is 0 Å². The maximum Gasteiger partial charge on any atom is 0.243 e. The molecule has 0 aromatic heterocycles. The molecule has 0 saturated heterocycles. The number of hydrogen-bond donors (Lipinski definition) is 3. The van der Waals surface area contributed by atoms with Gasteiger partial charge >= 0.3 is 0 Å². The Hall–Kier alpha value is -1.18. The summed E-state index contributed by atoms with van der Waals surface area (Å²) in [5.41, 5.74) is 6.12. The zero-order chi connectivity index (χ0) is 23.5. The second-order valence-corrected chi connectivity index (χ2v) is 12.1. The predicted molar refractivity (Wildman–Crippen MR) is 129 cm³/mol. The van der Waals surface area contributed by atoms with Crippen molar-refractivity contribution in [1.82, 2.24) is 15.5 Å². The van der Waals surface area contributed by atoms with E-state index in [0.717, 1.165) is 62.5 Å². The molecule has 3 fully saturated rings. The lowest BCUT2D eigenvalue weighted by atomic mass is 9.69. The van der Waals surface area contributed by atoms with Gasteiger partial charge in [0.25, 0.3) is 0 Å². The van der Waals surface area contributed by atoms with Crippen LogP contribution in [-0.4, -0.2) is 87.1 Å². The van der Waals surface area contributed by atoms with E-state index in [0.29, 0.717) is 18.3 Å². The fraction of sp³-hybridized carbons (Fsp3) is 0.920. The highest BCUT2D eigenvalue weighted by molar-refractivity contribution is 5.90. The van der Waals surface area contributed by atoms with E-state index in [-0.39, 0.29) is 29.3 Å². The molecule has 0 spiro atoms. The maximum absolute atomic E-state index is 13.4. The van der Waals surface area contributed by atoms with Gasteiger partial charge in [-0.25, -0.2) is 0 Å². The SMILES string of the molecule is CN(C)CCCCC(NC(=O)C1C2CCC21)C(=O)NC1(CCCC[N+](C)(C)C)CCC1N. The van der Waals surface area contributed by atoms with Crippen molar-refractivity contribution in [1.29, 1.82) is 0 Å². The standard InChI is InChI=1S/C25H47N5O2/c1-29(2)16-8-6-10-20(27-24(32)22-18-11-12-19(18)22)23(31)28-25(15-13-21(25)26)14-7-9-17-30(3,4)5/h18-22H,6-17,26H2,1-5H3,(H-,27,28,31,32)/p+1. The number of carbonyl (C=O) groups is 2. The number of rotatable bonds is 14. The zero-order valence-electron chi connectivity index (χ0n) is 21.2. The van der Waals surface area contributed by atoms with Crippen molar-refractivity contribution >= 4 is 11.8 Å². The van der Waals surface area contributed by atoms with Gasteiger partial charge in [-0.15, -0.1) is 0 Å². The average molecular weight is 451 g/mol. The molecule has 0 radical (unpaired) electrons. The van der Waals surface area contributed by atoms with Gasteiger partial charge in [0, 0.05) is 12.0 Å². The second kappa shape index (κ2) is 10.4. The number of quaternary nitrogens is 1. The zero-order valence-corrected chi connectivity index (χ0v) is 21.2. The van der Waals surface area contributed by atoms with E-state index in [1.165, 1.54) is 12.8 Å². The molecule has 3 aliphatic carbocycles. The minimum absolute atomic E-state index is 0.0138. The van der Waals surface area contributed by atoms with Crippen molar-refractivity contribution in [2.45, 2.75) is 81.8 Å². The van der Waals surface area contributed by atoms with Crippen molar-refractivity contribution in [2.24, 2.45) is 23.5 Å². The molecule has 0 aromatic rings. The van der Waals surface area contributed by atoms with E-state index in [4.69, 9.17) is 5.73 Å². The Balaban J connectivity index is 1.55. The second-order valence-electron chi connectivity index (χ2n) is 12.1. The van der Waals surface area contributed by atoms with Crippen LogP contribution in [0.5, 0.6) is 0 Å². The Morgan fingerprint density at radius 1 is 1.06 bits per heavy atom. The van der Waals surface area contributed by atoms with Crippen LogP contribution in [0.1, 0.15) is 64.2 Å². The topological polar surface area (TPSA) is 87.5 Å². The molecule has 0 aliphatic heterocycles. The first-order valence-electron chi connectivity index (χ1n) is 12.9. The summed E-state index contributed by atoms with van der Waals surface area (Å²) >= 11 is 0. The van der Waals surface area contributed by atoms with Crippen LogP contribution in [0.4, 0.5) is 0 Å². The molecule has 7 nitrogen and oxygen atoms in total. The number of unbranched alkanes of at least 4 members (excludes halogenated alkanes) is 2. The summed E-state index contributed by atoms with van der Waals surface area (Å²) in [7, 11) is 10.8. The molecule has 5 atom stereocenters. The highest BCUT2D eigenvalue weighted by Gasteiger charge is 2.60. The van der Waals surface area contributed by atoms with Crippen LogP contribution in [0.2, 0.25) is 0 Å². The molecule has 0 bridgehead atoms. The summed E-state index contributed by atoms with van der Waals surface area (Å²) in [6.45, 7) is 2.11. The quantitative estimate of drug-likeness (QED) is 0.278. The third-order valence-electron chi connectivity index (χ3n) is 8.13. The predicted octanol–water partition coefficient (Wildman–Crippen LogP) is 1.71. The highest BCUT2D eigenvalue weighted by Crippen LogP contribution is 2.61. The van der Waals surface area contributed by atoms with Gasteiger partial charge in [0.05, 0.1) is 33.2 Å². The molecule has 184 valence electrons. The molecule has 32 heavy (non-hydrogen) atoms. The number of nitrogens with two attached hydrogens (primary N) is 1. The van der Waals surface area contributed by atoms with Crippen molar-refractivity contribution < 1.29 is 14.1 Å². The monoisotopic (exact) mass is 450 g/mol. The number of nitrogens with one attached hydrogen (secondary N) is 2. The minimum Gasteiger partial charge on any atom is -0.347 e. The molecule has 7 heteroatoms. The van der Waals surface area contributed by atoms with Gasteiger partial charge in [0.15, 0.2) is 0 Å². The number of carbonyl (C=O) groups excluding carboxylic acids is 2. The van der Waals surface area contributed by atoms with E-state index < -0.39 is 6.04 Å². The van der Waals surface area contributed by atoms with Crippen LogP contribution in [0, 0.1) is 17.8 Å². The third kappa shape index (κ3) is 6.45.